The molecule has 0 saturated heterocycles. The van der Waals surface area contributed by atoms with Gasteiger partial charge in [0.25, 0.3) is 10.0 Å². The normalized spacial score (nSPS) is 11.2. The van der Waals surface area contributed by atoms with Gasteiger partial charge in [0.15, 0.2) is 0 Å². The van der Waals surface area contributed by atoms with Crippen molar-refractivity contribution in [1.82, 2.24) is 0 Å². The van der Waals surface area contributed by atoms with Gasteiger partial charge >= 0.3 is 0 Å². The minimum Gasteiger partial charge on any atom is -0.497 e. The highest BCUT2D eigenvalue weighted by Gasteiger charge is 2.26. The molecule has 0 aliphatic heterocycles. The maximum Gasteiger partial charge on any atom is 0.264 e. The first kappa shape index (κ1) is 19.0. The summed E-state index contributed by atoms with van der Waals surface area (Å²) >= 11 is 0. The highest BCUT2D eigenvalue weighted by molar-refractivity contribution is 7.92. The minimum atomic E-state index is -3.72. The van der Waals surface area contributed by atoms with Crippen molar-refractivity contribution < 1.29 is 13.2 Å². The monoisotopic (exact) mass is 381 g/mol. The Morgan fingerprint density at radius 2 is 1.48 bits per heavy atom. The molecule has 27 heavy (non-hydrogen) atoms. The minimum absolute atomic E-state index is 0.253. The molecule has 3 rings (SSSR count). The first-order valence-corrected chi connectivity index (χ1v) is 10.1. The Bertz CT molecular complexity index is 1010. The Labute approximate surface area is 161 Å². The van der Waals surface area contributed by atoms with Crippen LogP contribution >= 0.6 is 0 Å². The van der Waals surface area contributed by atoms with E-state index in [0.717, 1.165) is 16.7 Å². The lowest BCUT2D eigenvalue weighted by Gasteiger charge is -2.25. The molecule has 5 heteroatoms. The maximum atomic E-state index is 13.5. The van der Waals surface area contributed by atoms with Crippen LogP contribution < -0.4 is 9.04 Å². The summed E-state index contributed by atoms with van der Waals surface area (Å²) in [5, 5.41) is 0. The van der Waals surface area contributed by atoms with E-state index < -0.39 is 10.0 Å². The third-order valence-corrected chi connectivity index (χ3v) is 6.40. The van der Waals surface area contributed by atoms with Crippen molar-refractivity contribution in [3.8, 4) is 5.75 Å². The highest BCUT2D eigenvalue weighted by atomic mass is 32.2. The van der Waals surface area contributed by atoms with Crippen LogP contribution in [0.3, 0.4) is 0 Å². The van der Waals surface area contributed by atoms with Gasteiger partial charge in [-0.15, -0.1) is 0 Å². The van der Waals surface area contributed by atoms with Crippen molar-refractivity contribution in [2.45, 2.75) is 25.3 Å². The number of methoxy groups -OCH3 is 1. The predicted octanol–water partition coefficient (Wildman–Crippen LogP) is 4.71. The van der Waals surface area contributed by atoms with E-state index in [-0.39, 0.29) is 6.54 Å². The SMILES string of the molecule is COc1ccc(N(Cc2ccc(C)cc2)S(=O)(=O)c2ccccc2C)cc1. The van der Waals surface area contributed by atoms with Crippen molar-refractivity contribution in [3.05, 3.63) is 89.5 Å². The zero-order valence-corrected chi connectivity index (χ0v) is 16.5. The summed E-state index contributed by atoms with van der Waals surface area (Å²) in [7, 11) is -2.13. The molecule has 0 N–H and O–H groups in total. The van der Waals surface area contributed by atoms with Gasteiger partial charge in [0, 0.05) is 0 Å². The van der Waals surface area contributed by atoms with Crippen molar-refractivity contribution in [2.75, 3.05) is 11.4 Å². The molecular weight excluding hydrogens is 358 g/mol. The van der Waals surface area contributed by atoms with Gasteiger partial charge in [-0.1, -0.05) is 48.0 Å². The molecule has 0 aliphatic carbocycles. The largest absolute Gasteiger partial charge is 0.497 e. The predicted molar refractivity (Wildman–Crippen MR) is 109 cm³/mol. The van der Waals surface area contributed by atoms with E-state index >= 15 is 0 Å². The fraction of sp³-hybridized carbons (Fsp3) is 0.182. The van der Waals surface area contributed by atoms with Crippen LogP contribution in [0, 0.1) is 13.8 Å². The fourth-order valence-electron chi connectivity index (χ4n) is 2.89. The second-order valence-electron chi connectivity index (χ2n) is 6.46. The molecule has 3 aromatic carbocycles. The van der Waals surface area contributed by atoms with Crippen LogP contribution in [-0.4, -0.2) is 15.5 Å². The average Bonchev–Trinajstić information content (AvgIpc) is 2.68. The first-order valence-electron chi connectivity index (χ1n) is 8.70. The van der Waals surface area contributed by atoms with Crippen molar-refractivity contribution in [3.63, 3.8) is 0 Å². The lowest BCUT2D eigenvalue weighted by Crippen LogP contribution is -2.31. The van der Waals surface area contributed by atoms with Crippen LogP contribution in [0.2, 0.25) is 0 Å². The highest BCUT2D eigenvalue weighted by Crippen LogP contribution is 2.29. The number of sulfonamides is 1. The summed E-state index contributed by atoms with van der Waals surface area (Å²) in [6, 6.07) is 22.0. The molecule has 0 fully saturated rings. The molecule has 0 bridgehead atoms. The number of benzene rings is 3. The zero-order chi connectivity index (χ0) is 19.4. The lowest BCUT2D eigenvalue weighted by molar-refractivity contribution is 0.415. The maximum absolute atomic E-state index is 13.5. The Hall–Kier alpha value is -2.79. The van der Waals surface area contributed by atoms with Gasteiger partial charge in [-0.25, -0.2) is 8.42 Å². The molecular formula is C22H23NO3S. The number of hydrogen-bond donors (Lipinski definition) is 0. The van der Waals surface area contributed by atoms with E-state index in [9.17, 15) is 8.42 Å². The molecule has 4 nitrogen and oxygen atoms in total. The summed E-state index contributed by atoms with van der Waals surface area (Å²) < 4.78 is 33.6. The van der Waals surface area contributed by atoms with E-state index in [2.05, 4.69) is 0 Å². The third kappa shape index (κ3) is 4.14. The van der Waals surface area contributed by atoms with Gasteiger partial charge in [0.2, 0.25) is 0 Å². The van der Waals surface area contributed by atoms with E-state index in [1.807, 2.05) is 50.2 Å². The van der Waals surface area contributed by atoms with Gasteiger partial charge in [-0.2, -0.15) is 0 Å². The summed E-state index contributed by atoms with van der Waals surface area (Å²) in [5.41, 5.74) is 3.38. The number of ether oxygens (including phenoxy) is 1. The molecule has 3 aromatic rings. The number of nitrogens with zero attached hydrogens (tertiary/aromatic N) is 1. The Kier molecular flexibility index (Phi) is 5.51. The van der Waals surface area contributed by atoms with Crippen LogP contribution in [0.15, 0.2) is 77.7 Å². The lowest BCUT2D eigenvalue weighted by atomic mass is 10.1. The summed E-state index contributed by atoms with van der Waals surface area (Å²) in [6.45, 7) is 4.07. The third-order valence-electron chi connectivity index (χ3n) is 4.47. The van der Waals surface area contributed by atoms with Crippen LogP contribution in [0.25, 0.3) is 0 Å². The topological polar surface area (TPSA) is 46.6 Å². The van der Waals surface area contributed by atoms with Gasteiger partial charge in [-0.05, 0) is 55.3 Å². The second-order valence-corrected chi connectivity index (χ2v) is 8.29. The number of anilines is 1. The van der Waals surface area contributed by atoms with Crippen molar-refractivity contribution in [2.24, 2.45) is 0 Å². The molecule has 0 saturated carbocycles. The summed E-state index contributed by atoms with van der Waals surface area (Å²) in [6.07, 6.45) is 0. The molecule has 0 atom stereocenters. The molecule has 0 aromatic heterocycles. The van der Waals surface area contributed by atoms with Crippen molar-refractivity contribution in [1.29, 1.82) is 0 Å². The summed E-state index contributed by atoms with van der Waals surface area (Å²) in [5.74, 6) is 0.683. The standard InChI is InChI=1S/C22H23NO3S/c1-17-8-10-19(11-9-17)16-23(20-12-14-21(26-3)15-13-20)27(24,25)22-7-5-4-6-18(22)2/h4-15H,16H2,1-3H3. The quantitative estimate of drug-likeness (QED) is 0.621. The molecule has 0 heterocycles. The average molecular weight is 381 g/mol. The van der Waals surface area contributed by atoms with Gasteiger partial charge in [0.1, 0.15) is 5.75 Å². The van der Waals surface area contributed by atoms with Gasteiger partial charge < -0.3 is 4.74 Å². The van der Waals surface area contributed by atoms with Crippen LogP contribution in [0.4, 0.5) is 5.69 Å². The summed E-state index contributed by atoms with van der Waals surface area (Å²) in [4.78, 5) is 0.313. The first-order chi connectivity index (χ1) is 12.9. The molecule has 0 unspecified atom stereocenters. The smallest absolute Gasteiger partial charge is 0.264 e. The number of rotatable bonds is 6. The Morgan fingerprint density at radius 1 is 0.852 bits per heavy atom. The van der Waals surface area contributed by atoms with Gasteiger partial charge in [-0.3, -0.25) is 4.31 Å². The zero-order valence-electron chi connectivity index (χ0n) is 15.7. The van der Waals surface area contributed by atoms with Crippen LogP contribution in [0.5, 0.6) is 5.75 Å². The van der Waals surface area contributed by atoms with Crippen LogP contribution in [0.1, 0.15) is 16.7 Å². The van der Waals surface area contributed by atoms with E-state index in [1.54, 1.807) is 43.5 Å². The van der Waals surface area contributed by atoms with E-state index in [1.165, 1.54) is 4.31 Å². The molecule has 0 aliphatic rings. The number of hydrogen-bond acceptors (Lipinski definition) is 3. The molecule has 0 spiro atoms. The van der Waals surface area contributed by atoms with Crippen LogP contribution in [-0.2, 0) is 16.6 Å². The fourth-order valence-corrected chi connectivity index (χ4v) is 4.57. The van der Waals surface area contributed by atoms with Gasteiger partial charge in [0.05, 0.1) is 24.2 Å². The molecule has 0 amide bonds. The second kappa shape index (κ2) is 7.84. The Morgan fingerprint density at radius 3 is 2.07 bits per heavy atom. The van der Waals surface area contributed by atoms with Crippen molar-refractivity contribution >= 4 is 15.7 Å². The van der Waals surface area contributed by atoms with E-state index in [0.29, 0.717) is 16.3 Å². The Balaban J connectivity index is 2.08. The molecule has 0 radical (unpaired) electrons. The number of aryl methyl sites for hydroxylation is 2. The van der Waals surface area contributed by atoms with E-state index in [4.69, 9.17) is 4.74 Å². The molecule has 140 valence electrons.